The van der Waals surface area contributed by atoms with Gasteiger partial charge >= 0.3 is 180 Å². The molecule has 0 radical (unpaired) electrons. The van der Waals surface area contributed by atoms with Crippen LogP contribution in [0.25, 0.3) is 0 Å². The molecule has 1 aliphatic rings. The first-order valence-electron chi connectivity index (χ1n) is 9.01. The number of nitrogens with one attached hydrogen (secondary N) is 2. The van der Waals surface area contributed by atoms with Gasteiger partial charge in [0.25, 0.3) is 0 Å². The molecule has 2 aromatic rings. The molecule has 27 heavy (non-hydrogen) atoms. The van der Waals surface area contributed by atoms with E-state index >= 15 is 0 Å². The number of halogens is 2. The third kappa shape index (κ3) is 6.24. The van der Waals surface area contributed by atoms with Gasteiger partial charge in [-0.15, -0.1) is 0 Å². The second-order valence-corrected chi connectivity index (χ2v) is 10.4. The zero-order chi connectivity index (χ0) is 19.1. The summed E-state index contributed by atoms with van der Waals surface area (Å²) in [7, 11) is 0. The number of piperazine rings is 1. The summed E-state index contributed by atoms with van der Waals surface area (Å²) < 4.78 is 16.6. The molecule has 3 rings (SSSR count). The third-order valence-corrected chi connectivity index (χ3v) is 7.90. The summed E-state index contributed by atoms with van der Waals surface area (Å²) in [5.41, 5.74) is 0.616. The van der Waals surface area contributed by atoms with Gasteiger partial charge in [-0.05, 0) is 0 Å². The summed E-state index contributed by atoms with van der Waals surface area (Å²) in [6.45, 7) is 5.83. The number of hydrogen-bond donors (Lipinski definition) is 2. The van der Waals surface area contributed by atoms with Gasteiger partial charge in [-0.25, -0.2) is 0 Å². The average Bonchev–Trinajstić information content (AvgIpc) is 2.68. The van der Waals surface area contributed by atoms with Crippen LogP contribution in [0.4, 0.5) is 4.39 Å². The number of carbonyl (C=O) groups excluding carboxylic acids is 1. The second-order valence-electron chi connectivity index (χ2n) is 6.37. The molecule has 1 aliphatic heterocycles. The molecular weight excluding hydrogens is 521 g/mol. The fourth-order valence-corrected chi connectivity index (χ4v) is 5.76. The first-order valence-corrected chi connectivity index (χ1v) is 12.2. The van der Waals surface area contributed by atoms with E-state index in [-0.39, 0.29) is 11.7 Å². The van der Waals surface area contributed by atoms with E-state index in [1.165, 1.54) is 6.07 Å². The van der Waals surface area contributed by atoms with Crippen molar-refractivity contribution < 1.29 is 9.18 Å². The molecule has 0 spiro atoms. The van der Waals surface area contributed by atoms with Crippen molar-refractivity contribution in [3.05, 3.63) is 51.6 Å². The molecule has 0 bridgehead atoms. The average molecular weight is 544 g/mol. The molecule has 0 saturated carbocycles. The van der Waals surface area contributed by atoms with Gasteiger partial charge in [0.1, 0.15) is 0 Å². The topological polar surface area (TPSA) is 57.3 Å². The number of nitrogens with zero attached hydrogens (tertiary/aromatic N) is 2. The van der Waals surface area contributed by atoms with Crippen molar-refractivity contribution in [1.82, 2.24) is 20.5 Å². The van der Waals surface area contributed by atoms with Crippen molar-refractivity contribution in [3.63, 3.8) is 0 Å². The molecule has 1 amide bonds. The Morgan fingerprint density at radius 1 is 1.30 bits per heavy atom. The van der Waals surface area contributed by atoms with Gasteiger partial charge < -0.3 is 0 Å². The molecule has 144 valence electrons. The van der Waals surface area contributed by atoms with E-state index in [0.29, 0.717) is 16.5 Å². The van der Waals surface area contributed by atoms with Crippen molar-refractivity contribution in [2.75, 3.05) is 39.3 Å². The van der Waals surface area contributed by atoms with Crippen LogP contribution in [0.1, 0.15) is 16.8 Å². The number of hydrogen-bond acceptors (Lipinski definition) is 4. The standard InChI is InChI=1S/C19H23AsFIN4O/c21-18-12-14(22)2-3-16(18)20-17-13-24-6-4-15(17)19(27)25-5-1-9-26-10-7-23-8-11-26/h2-4,6,12-13,20,23H,1,5,7-11H2,(H,25,27). The van der Waals surface area contributed by atoms with Crippen LogP contribution in [0.5, 0.6) is 0 Å². The molecule has 2 heterocycles. The summed E-state index contributed by atoms with van der Waals surface area (Å²) in [4.78, 5) is 19.2. The number of carbonyl (C=O) groups is 1. The predicted molar refractivity (Wildman–Crippen MR) is 116 cm³/mol. The minimum atomic E-state index is -0.966. The molecule has 2 N–H and O–H groups in total. The van der Waals surface area contributed by atoms with E-state index < -0.39 is 15.8 Å². The summed E-state index contributed by atoms with van der Waals surface area (Å²) in [5.74, 6) is -0.296. The molecule has 1 aromatic carbocycles. The van der Waals surface area contributed by atoms with Crippen molar-refractivity contribution in [2.45, 2.75) is 6.42 Å². The fraction of sp³-hybridized carbons (Fsp3) is 0.368. The van der Waals surface area contributed by atoms with Gasteiger partial charge in [-0.1, -0.05) is 0 Å². The normalized spacial score (nSPS) is 15.3. The van der Waals surface area contributed by atoms with Crippen molar-refractivity contribution in [2.24, 2.45) is 0 Å². The molecule has 0 aliphatic carbocycles. The molecule has 8 heteroatoms. The van der Waals surface area contributed by atoms with Crippen LogP contribution in [-0.2, 0) is 0 Å². The molecule has 1 atom stereocenters. The molecule has 1 unspecified atom stereocenters. The fourth-order valence-electron chi connectivity index (χ4n) is 2.96. The van der Waals surface area contributed by atoms with E-state index in [1.54, 1.807) is 18.5 Å². The van der Waals surface area contributed by atoms with Crippen LogP contribution in [0.3, 0.4) is 0 Å². The second kappa shape index (κ2) is 10.5. The van der Waals surface area contributed by atoms with E-state index in [2.05, 4.69) is 43.1 Å². The Morgan fingerprint density at radius 3 is 2.89 bits per heavy atom. The Morgan fingerprint density at radius 2 is 2.11 bits per heavy atom. The Balaban J connectivity index is 1.56. The molecular formula is C19H23AsFIN4O. The zero-order valence-corrected chi connectivity index (χ0v) is 19.2. The monoisotopic (exact) mass is 544 g/mol. The van der Waals surface area contributed by atoms with Gasteiger partial charge in [-0.2, -0.15) is 0 Å². The first-order chi connectivity index (χ1) is 13.1. The van der Waals surface area contributed by atoms with Crippen LogP contribution in [0.15, 0.2) is 36.7 Å². The van der Waals surface area contributed by atoms with Crippen molar-refractivity contribution in [3.8, 4) is 0 Å². The third-order valence-electron chi connectivity index (χ3n) is 4.41. The van der Waals surface area contributed by atoms with Gasteiger partial charge in [0, 0.05) is 0 Å². The van der Waals surface area contributed by atoms with Gasteiger partial charge in [-0.3, -0.25) is 0 Å². The van der Waals surface area contributed by atoms with E-state index in [0.717, 1.165) is 47.1 Å². The molecule has 1 saturated heterocycles. The summed E-state index contributed by atoms with van der Waals surface area (Å²) in [6.07, 6.45) is 4.25. The Hall–Kier alpha value is -1.02. The van der Waals surface area contributed by atoms with E-state index in [4.69, 9.17) is 0 Å². The summed E-state index contributed by atoms with van der Waals surface area (Å²) in [6, 6.07) is 6.98. The van der Waals surface area contributed by atoms with Gasteiger partial charge in [0.05, 0.1) is 0 Å². The Bertz CT molecular complexity index is 786. The quantitative estimate of drug-likeness (QED) is 0.298. The number of rotatable bonds is 7. The van der Waals surface area contributed by atoms with Crippen LogP contribution in [0, 0.1) is 9.39 Å². The molecule has 1 fully saturated rings. The minimum absolute atomic E-state index is 0.0950. The SMILES string of the molecule is O=C(NCCCN1CCNCC1)c1ccncc1[AsH]c1ccc(I)cc1F. The maximum absolute atomic E-state index is 14.2. The number of aromatic nitrogens is 1. The van der Waals surface area contributed by atoms with Crippen LogP contribution in [0.2, 0.25) is 0 Å². The van der Waals surface area contributed by atoms with E-state index in [1.807, 2.05) is 12.1 Å². The summed E-state index contributed by atoms with van der Waals surface area (Å²) >= 11 is 1.13. The maximum atomic E-state index is 14.2. The van der Waals surface area contributed by atoms with Crippen LogP contribution >= 0.6 is 22.6 Å². The number of benzene rings is 1. The molecule has 5 nitrogen and oxygen atoms in total. The molecule has 1 aromatic heterocycles. The van der Waals surface area contributed by atoms with E-state index in [9.17, 15) is 9.18 Å². The number of amides is 1. The Kier molecular flexibility index (Phi) is 8.05. The summed E-state index contributed by atoms with van der Waals surface area (Å²) in [5, 5.41) is 6.34. The van der Waals surface area contributed by atoms with Crippen molar-refractivity contribution in [1.29, 1.82) is 0 Å². The predicted octanol–water partition coefficient (Wildman–Crippen LogP) is 0.238. The zero-order valence-electron chi connectivity index (χ0n) is 15.0. The number of pyridine rings is 1. The van der Waals surface area contributed by atoms with Crippen LogP contribution < -0.4 is 19.3 Å². The Labute approximate surface area is 179 Å². The van der Waals surface area contributed by atoms with Crippen molar-refractivity contribution >= 4 is 53.0 Å². The first kappa shape index (κ1) is 20.7. The van der Waals surface area contributed by atoms with Gasteiger partial charge in [0.15, 0.2) is 0 Å². The van der Waals surface area contributed by atoms with Crippen LogP contribution in [-0.4, -0.2) is 70.8 Å². The van der Waals surface area contributed by atoms with Gasteiger partial charge in [0.2, 0.25) is 0 Å².